The molecule has 0 bridgehead atoms. The van der Waals surface area contributed by atoms with Crippen LogP contribution in [0.3, 0.4) is 0 Å². The average Bonchev–Trinajstić information content (AvgIpc) is 2.87. The van der Waals surface area contributed by atoms with Gasteiger partial charge in [-0.3, -0.25) is 5.01 Å². The summed E-state index contributed by atoms with van der Waals surface area (Å²) in [5, 5.41) is 7.88. The minimum Gasteiger partial charge on any atom is -0.493 e. The van der Waals surface area contributed by atoms with E-state index in [1.807, 2.05) is 84.0 Å². The lowest BCUT2D eigenvalue weighted by molar-refractivity contribution is 0.284. The second kappa shape index (κ2) is 11.6. The fourth-order valence-corrected chi connectivity index (χ4v) is 3.83. The van der Waals surface area contributed by atoms with Crippen LogP contribution in [0.25, 0.3) is 0 Å². The summed E-state index contributed by atoms with van der Waals surface area (Å²) in [6, 6.07) is 31.4. The molecule has 0 fully saturated rings. The molecule has 0 saturated heterocycles. The number of ether oxygens (including phenoxy) is 2. The molecule has 0 N–H and O–H groups in total. The van der Waals surface area contributed by atoms with Gasteiger partial charge in [-0.05, 0) is 53.6 Å². The highest BCUT2D eigenvalue weighted by molar-refractivity contribution is 6.35. The quantitative estimate of drug-likeness (QED) is 0.178. The SMILES string of the molecule is COc1cc(C=NN(Cc2ccccc2)c2ccccc2)ccc1OCc1ccc(Cl)cc1Cl. The maximum Gasteiger partial charge on any atom is 0.161 e. The Kier molecular flexibility index (Phi) is 8.08. The van der Waals surface area contributed by atoms with Gasteiger partial charge in [-0.2, -0.15) is 5.10 Å². The summed E-state index contributed by atoms with van der Waals surface area (Å²) < 4.78 is 11.5. The molecule has 0 aliphatic heterocycles. The van der Waals surface area contributed by atoms with E-state index in [0.29, 0.717) is 34.7 Å². The van der Waals surface area contributed by atoms with Crippen molar-refractivity contribution in [2.45, 2.75) is 13.2 Å². The Bertz CT molecular complexity index is 1250. The van der Waals surface area contributed by atoms with Crippen LogP contribution < -0.4 is 14.5 Å². The maximum atomic E-state index is 6.26. The third-order valence-electron chi connectivity index (χ3n) is 5.16. The van der Waals surface area contributed by atoms with Crippen LogP contribution in [0.2, 0.25) is 10.0 Å². The summed E-state index contributed by atoms with van der Waals surface area (Å²) in [6.07, 6.45) is 1.82. The smallest absolute Gasteiger partial charge is 0.161 e. The van der Waals surface area contributed by atoms with Crippen LogP contribution in [-0.4, -0.2) is 13.3 Å². The number of para-hydroxylation sites is 1. The molecule has 6 heteroatoms. The number of benzene rings is 4. The zero-order chi connectivity index (χ0) is 23.8. The molecular formula is C28H24Cl2N2O2. The molecule has 0 amide bonds. The van der Waals surface area contributed by atoms with E-state index in [1.165, 1.54) is 5.56 Å². The van der Waals surface area contributed by atoms with Crippen LogP contribution in [0.15, 0.2) is 102 Å². The summed E-state index contributed by atoms with van der Waals surface area (Å²) in [4.78, 5) is 0. The van der Waals surface area contributed by atoms with Crippen molar-refractivity contribution in [2.75, 3.05) is 12.1 Å². The lowest BCUT2D eigenvalue weighted by Gasteiger charge is -2.19. The van der Waals surface area contributed by atoms with Crippen molar-refractivity contribution < 1.29 is 9.47 Å². The number of hydrazone groups is 1. The first kappa shape index (κ1) is 23.7. The lowest BCUT2D eigenvalue weighted by Crippen LogP contribution is -2.16. The summed E-state index contributed by atoms with van der Waals surface area (Å²) in [6.45, 7) is 0.959. The van der Waals surface area contributed by atoms with E-state index in [2.05, 4.69) is 12.1 Å². The van der Waals surface area contributed by atoms with E-state index in [1.54, 1.807) is 19.2 Å². The van der Waals surface area contributed by atoms with Crippen LogP contribution in [0, 0.1) is 0 Å². The molecule has 0 aromatic heterocycles. The molecule has 4 nitrogen and oxygen atoms in total. The molecule has 34 heavy (non-hydrogen) atoms. The number of halogens is 2. The van der Waals surface area contributed by atoms with Gasteiger partial charge >= 0.3 is 0 Å². The second-order valence-corrected chi connectivity index (χ2v) is 8.40. The van der Waals surface area contributed by atoms with E-state index < -0.39 is 0 Å². The van der Waals surface area contributed by atoms with Gasteiger partial charge in [0.1, 0.15) is 6.61 Å². The summed E-state index contributed by atoms with van der Waals surface area (Å²) in [5.74, 6) is 1.23. The van der Waals surface area contributed by atoms with Crippen molar-refractivity contribution >= 4 is 35.1 Å². The fourth-order valence-electron chi connectivity index (χ4n) is 3.37. The molecule has 4 aromatic rings. The topological polar surface area (TPSA) is 34.1 Å². The number of hydrogen-bond donors (Lipinski definition) is 0. The summed E-state index contributed by atoms with van der Waals surface area (Å²) in [7, 11) is 1.62. The number of hydrogen-bond acceptors (Lipinski definition) is 4. The molecule has 0 unspecified atom stereocenters. The van der Waals surface area contributed by atoms with Gasteiger partial charge in [0.2, 0.25) is 0 Å². The zero-order valence-electron chi connectivity index (χ0n) is 18.7. The highest BCUT2D eigenvalue weighted by Crippen LogP contribution is 2.30. The van der Waals surface area contributed by atoms with E-state index in [0.717, 1.165) is 16.8 Å². The van der Waals surface area contributed by atoms with Gasteiger partial charge in [-0.1, -0.05) is 77.8 Å². The Balaban J connectivity index is 1.51. The number of methoxy groups -OCH3 is 1. The van der Waals surface area contributed by atoms with Gasteiger partial charge < -0.3 is 9.47 Å². The number of nitrogens with zero attached hydrogens (tertiary/aromatic N) is 2. The van der Waals surface area contributed by atoms with Crippen LogP contribution in [0.5, 0.6) is 11.5 Å². The predicted molar refractivity (Wildman–Crippen MR) is 140 cm³/mol. The Labute approximate surface area is 210 Å². The van der Waals surface area contributed by atoms with Crippen LogP contribution in [-0.2, 0) is 13.2 Å². The molecule has 0 aliphatic carbocycles. The lowest BCUT2D eigenvalue weighted by atomic mass is 10.2. The molecule has 4 aromatic carbocycles. The number of anilines is 1. The molecule has 0 saturated carbocycles. The Morgan fingerprint density at radius 3 is 2.26 bits per heavy atom. The van der Waals surface area contributed by atoms with Crippen molar-refractivity contribution in [2.24, 2.45) is 5.10 Å². The summed E-state index contributed by atoms with van der Waals surface area (Å²) in [5.41, 5.74) is 3.92. The fraction of sp³-hybridized carbons (Fsp3) is 0.107. The molecule has 172 valence electrons. The van der Waals surface area contributed by atoms with Crippen molar-refractivity contribution in [1.29, 1.82) is 0 Å². The molecule has 4 rings (SSSR count). The Morgan fingerprint density at radius 1 is 0.824 bits per heavy atom. The van der Waals surface area contributed by atoms with E-state index >= 15 is 0 Å². The van der Waals surface area contributed by atoms with Gasteiger partial charge in [0.05, 0.1) is 25.6 Å². The third-order valence-corrected chi connectivity index (χ3v) is 5.75. The monoisotopic (exact) mass is 490 g/mol. The second-order valence-electron chi connectivity index (χ2n) is 7.56. The molecule has 0 spiro atoms. The first-order chi connectivity index (χ1) is 16.6. The summed E-state index contributed by atoms with van der Waals surface area (Å²) >= 11 is 12.2. The van der Waals surface area contributed by atoms with Gasteiger partial charge in [-0.15, -0.1) is 0 Å². The molecule has 0 aliphatic rings. The highest BCUT2D eigenvalue weighted by atomic mass is 35.5. The third kappa shape index (κ3) is 6.31. The van der Waals surface area contributed by atoms with E-state index in [9.17, 15) is 0 Å². The standard InChI is InChI=1S/C28H24Cl2N2O2/c1-33-28-16-22(12-15-27(28)34-20-23-13-14-24(29)17-26(23)30)18-31-32(25-10-6-3-7-11-25)19-21-8-4-2-5-9-21/h2-18H,19-20H2,1H3. The normalized spacial score (nSPS) is 10.9. The van der Waals surface area contributed by atoms with Gasteiger partial charge in [-0.25, -0.2) is 0 Å². The van der Waals surface area contributed by atoms with E-state index in [-0.39, 0.29) is 0 Å². The molecule has 0 radical (unpaired) electrons. The van der Waals surface area contributed by atoms with Crippen LogP contribution in [0.4, 0.5) is 5.69 Å². The largest absolute Gasteiger partial charge is 0.493 e. The minimum atomic E-state index is 0.304. The van der Waals surface area contributed by atoms with Gasteiger partial charge in [0.15, 0.2) is 11.5 Å². The van der Waals surface area contributed by atoms with Gasteiger partial charge in [0, 0.05) is 15.6 Å². The highest BCUT2D eigenvalue weighted by Gasteiger charge is 2.09. The first-order valence-corrected chi connectivity index (χ1v) is 11.5. The first-order valence-electron chi connectivity index (χ1n) is 10.8. The van der Waals surface area contributed by atoms with Crippen molar-refractivity contribution in [3.63, 3.8) is 0 Å². The molecule has 0 atom stereocenters. The average molecular weight is 491 g/mol. The van der Waals surface area contributed by atoms with Crippen LogP contribution in [0.1, 0.15) is 16.7 Å². The van der Waals surface area contributed by atoms with E-state index in [4.69, 9.17) is 37.8 Å². The van der Waals surface area contributed by atoms with Crippen molar-refractivity contribution in [1.82, 2.24) is 0 Å². The number of rotatable bonds is 9. The van der Waals surface area contributed by atoms with Crippen LogP contribution >= 0.6 is 23.2 Å². The van der Waals surface area contributed by atoms with Crippen molar-refractivity contribution in [3.05, 3.63) is 124 Å². The maximum absolute atomic E-state index is 6.26. The molecular weight excluding hydrogens is 467 g/mol. The Morgan fingerprint density at radius 2 is 1.56 bits per heavy atom. The molecule has 0 heterocycles. The predicted octanol–water partition coefficient (Wildman–Crippen LogP) is 7.62. The Hall–Kier alpha value is -3.47. The van der Waals surface area contributed by atoms with Crippen molar-refractivity contribution in [3.8, 4) is 11.5 Å². The minimum absolute atomic E-state index is 0.304. The zero-order valence-corrected chi connectivity index (χ0v) is 20.2. The van der Waals surface area contributed by atoms with Gasteiger partial charge in [0.25, 0.3) is 0 Å².